The molecular weight excluding hydrogens is 420 g/mol. The highest BCUT2D eigenvalue weighted by molar-refractivity contribution is 8.00. The monoisotopic (exact) mass is 440 g/mol. The van der Waals surface area contributed by atoms with Crippen LogP contribution in [0.3, 0.4) is 0 Å². The number of nitrogens with zero attached hydrogens (tertiary/aromatic N) is 1. The molecule has 0 spiro atoms. The second-order valence-electron chi connectivity index (χ2n) is 6.97. The molecule has 5 nitrogen and oxygen atoms in total. The molecule has 2 aromatic rings. The minimum Gasteiger partial charge on any atom is -0.448 e. The summed E-state index contributed by atoms with van der Waals surface area (Å²) in [5.74, 6) is 0.0464. The molecule has 2 aliphatic heterocycles. The molecule has 2 N–H and O–H groups in total. The number of hydrogen-bond acceptors (Lipinski definition) is 5. The van der Waals surface area contributed by atoms with Crippen molar-refractivity contribution >= 4 is 35.2 Å². The van der Waals surface area contributed by atoms with E-state index in [-0.39, 0.29) is 17.0 Å². The Hall–Kier alpha value is -2.54. The summed E-state index contributed by atoms with van der Waals surface area (Å²) in [5, 5.41) is -0.250. The Balaban J connectivity index is 1.70. The zero-order valence-corrected chi connectivity index (χ0v) is 17.7. The summed E-state index contributed by atoms with van der Waals surface area (Å²) >= 11 is 7.33. The number of β-lactam (4-membered cyclic amide) rings is 1. The molecule has 0 saturated carbocycles. The lowest BCUT2D eigenvalue weighted by atomic mass is 10.0. The second kappa shape index (κ2) is 9.08. The molecule has 2 heterocycles. The van der Waals surface area contributed by atoms with Crippen molar-refractivity contribution < 1.29 is 14.3 Å². The smallest absolute Gasteiger partial charge is 0.356 e. The standard InChI is InChI=1S/C23H21ClN2O3S/c24-13-7-12-17-14-30-22-18(25)21(27)26(22)19(17)23(28)29-20(15-8-3-1-4-9-15)16-10-5-2-6-11-16/h1-12,18,20,22H,13-14,25H2/b12-7-/t18?,22-/m0/s1. The minimum atomic E-state index is -0.601. The Morgan fingerprint density at radius 3 is 2.33 bits per heavy atom. The summed E-state index contributed by atoms with van der Waals surface area (Å²) < 4.78 is 6.00. The fraction of sp³-hybridized carbons (Fsp3) is 0.217. The van der Waals surface area contributed by atoms with Gasteiger partial charge in [0.25, 0.3) is 0 Å². The van der Waals surface area contributed by atoms with Gasteiger partial charge in [-0.15, -0.1) is 23.4 Å². The first-order chi connectivity index (χ1) is 14.6. The number of fused-ring (bicyclic) bond motifs is 1. The molecule has 0 aromatic heterocycles. The lowest BCUT2D eigenvalue weighted by Gasteiger charge is -2.48. The van der Waals surface area contributed by atoms with E-state index in [0.29, 0.717) is 17.2 Å². The number of halogens is 1. The summed E-state index contributed by atoms with van der Waals surface area (Å²) in [4.78, 5) is 27.3. The molecule has 2 aliphatic rings. The summed E-state index contributed by atoms with van der Waals surface area (Å²) in [6.07, 6.45) is 2.94. The lowest BCUT2D eigenvalue weighted by Crippen LogP contribution is -2.68. The van der Waals surface area contributed by atoms with Crippen LogP contribution in [0.5, 0.6) is 0 Å². The maximum atomic E-state index is 13.4. The number of allylic oxidation sites excluding steroid dienone is 2. The van der Waals surface area contributed by atoms with Crippen molar-refractivity contribution in [1.82, 2.24) is 4.90 Å². The van der Waals surface area contributed by atoms with Gasteiger partial charge in [-0.05, 0) is 16.7 Å². The van der Waals surface area contributed by atoms with Crippen LogP contribution >= 0.6 is 23.4 Å². The first-order valence-electron chi connectivity index (χ1n) is 9.58. The number of carbonyl (C=O) groups excluding carboxylic acids is 2. The predicted octanol–water partition coefficient (Wildman–Crippen LogP) is 3.61. The third-order valence-electron chi connectivity index (χ3n) is 5.07. The van der Waals surface area contributed by atoms with Crippen LogP contribution < -0.4 is 5.73 Å². The van der Waals surface area contributed by atoms with Crippen molar-refractivity contribution in [3.63, 3.8) is 0 Å². The molecule has 0 radical (unpaired) electrons. The molecule has 0 aliphatic carbocycles. The maximum absolute atomic E-state index is 13.4. The molecule has 1 unspecified atom stereocenters. The van der Waals surface area contributed by atoms with E-state index in [4.69, 9.17) is 22.1 Å². The molecule has 1 saturated heterocycles. The predicted molar refractivity (Wildman–Crippen MR) is 119 cm³/mol. The SMILES string of the molecule is NC1C(=O)N2C(C(=O)OC(c3ccccc3)c3ccccc3)=C(/C=C\CCl)CS[C@@H]12. The van der Waals surface area contributed by atoms with Crippen LogP contribution in [0.25, 0.3) is 0 Å². The van der Waals surface area contributed by atoms with Crippen LogP contribution in [0, 0.1) is 0 Å². The summed E-state index contributed by atoms with van der Waals surface area (Å²) in [5.41, 5.74) is 8.61. The van der Waals surface area contributed by atoms with Gasteiger partial charge in [0.1, 0.15) is 17.1 Å². The van der Waals surface area contributed by atoms with E-state index in [9.17, 15) is 9.59 Å². The van der Waals surface area contributed by atoms with Gasteiger partial charge in [-0.2, -0.15) is 0 Å². The van der Waals surface area contributed by atoms with Crippen LogP contribution in [0.2, 0.25) is 0 Å². The van der Waals surface area contributed by atoms with Gasteiger partial charge in [0.15, 0.2) is 6.10 Å². The third kappa shape index (κ3) is 3.90. The largest absolute Gasteiger partial charge is 0.448 e. The molecule has 4 rings (SSSR count). The molecule has 154 valence electrons. The van der Waals surface area contributed by atoms with Crippen molar-refractivity contribution in [3.05, 3.63) is 95.2 Å². The van der Waals surface area contributed by atoms with Crippen molar-refractivity contribution in [1.29, 1.82) is 0 Å². The van der Waals surface area contributed by atoms with Crippen LogP contribution in [-0.4, -0.2) is 39.8 Å². The zero-order chi connectivity index (χ0) is 21.1. The van der Waals surface area contributed by atoms with E-state index in [1.54, 1.807) is 12.2 Å². The van der Waals surface area contributed by atoms with E-state index in [1.165, 1.54) is 16.7 Å². The number of benzene rings is 2. The highest BCUT2D eigenvalue weighted by atomic mass is 35.5. The fourth-order valence-electron chi connectivity index (χ4n) is 3.59. The molecule has 2 atom stereocenters. The summed E-state index contributed by atoms with van der Waals surface area (Å²) in [7, 11) is 0. The van der Waals surface area contributed by atoms with Crippen LogP contribution in [0.1, 0.15) is 17.2 Å². The normalized spacial score (nSPS) is 21.0. The number of thioether (sulfide) groups is 1. The van der Waals surface area contributed by atoms with E-state index >= 15 is 0 Å². The molecule has 1 amide bonds. The molecule has 7 heteroatoms. The number of nitrogens with two attached hydrogens (primary N) is 1. The number of ether oxygens (including phenoxy) is 1. The lowest BCUT2D eigenvalue weighted by molar-refractivity contribution is -0.153. The number of alkyl halides is 1. The zero-order valence-electron chi connectivity index (χ0n) is 16.1. The van der Waals surface area contributed by atoms with Gasteiger partial charge in [0, 0.05) is 11.6 Å². The Morgan fingerprint density at radius 1 is 1.17 bits per heavy atom. The number of esters is 1. The fourth-order valence-corrected chi connectivity index (χ4v) is 4.95. The van der Waals surface area contributed by atoms with E-state index in [0.717, 1.165) is 11.1 Å². The molecule has 30 heavy (non-hydrogen) atoms. The molecular formula is C23H21ClN2O3S. The van der Waals surface area contributed by atoms with Gasteiger partial charge in [-0.1, -0.05) is 72.8 Å². The molecule has 1 fully saturated rings. The van der Waals surface area contributed by atoms with Gasteiger partial charge < -0.3 is 10.5 Å². The van der Waals surface area contributed by atoms with Crippen molar-refractivity contribution in [2.75, 3.05) is 11.6 Å². The van der Waals surface area contributed by atoms with Crippen LogP contribution in [0.4, 0.5) is 0 Å². The average molecular weight is 441 g/mol. The quantitative estimate of drug-likeness (QED) is 0.422. The van der Waals surface area contributed by atoms with Crippen molar-refractivity contribution in [2.24, 2.45) is 5.73 Å². The maximum Gasteiger partial charge on any atom is 0.356 e. The van der Waals surface area contributed by atoms with Crippen molar-refractivity contribution in [3.8, 4) is 0 Å². The van der Waals surface area contributed by atoms with E-state index < -0.39 is 18.1 Å². The van der Waals surface area contributed by atoms with E-state index in [2.05, 4.69) is 0 Å². The van der Waals surface area contributed by atoms with Gasteiger partial charge in [-0.3, -0.25) is 9.69 Å². The topological polar surface area (TPSA) is 72.6 Å². The summed E-state index contributed by atoms with van der Waals surface area (Å²) in [6.45, 7) is 0. The molecule has 2 aromatic carbocycles. The second-order valence-corrected chi connectivity index (χ2v) is 8.39. The van der Waals surface area contributed by atoms with Gasteiger partial charge in [0.2, 0.25) is 5.91 Å². The van der Waals surface area contributed by atoms with Crippen LogP contribution in [0.15, 0.2) is 84.1 Å². The van der Waals surface area contributed by atoms with Gasteiger partial charge in [0.05, 0.1) is 0 Å². The average Bonchev–Trinajstić information content (AvgIpc) is 2.81. The summed E-state index contributed by atoms with van der Waals surface area (Å²) in [6, 6.07) is 18.5. The number of rotatable bonds is 6. The Bertz CT molecular complexity index is 955. The Kier molecular flexibility index (Phi) is 6.27. The highest BCUT2D eigenvalue weighted by Gasteiger charge is 2.52. The number of carbonyl (C=O) groups is 2. The van der Waals surface area contributed by atoms with Crippen LogP contribution in [-0.2, 0) is 14.3 Å². The Labute approximate surface area is 184 Å². The number of amides is 1. The van der Waals surface area contributed by atoms with Gasteiger partial charge in [-0.25, -0.2) is 4.79 Å². The van der Waals surface area contributed by atoms with E-state index in [1.807, 2.05) is 60.7 Å². The highest BCUT2D eigenvalue weighted by Crippen LogP contribution is 2.41. The Morgan fingerprint density at radius 2 is 1.77 bits per heavy atom. The first-order valence-corrected chi connectivity index (χ1v) is 11.2. The molecule has 0 bridgehead atoms. The minimum absolute atomic E-state index is 0.250. The van der Waals surface area contributed by atoms with Gasteiger partial charge >= 0.3 is 5.97 Å². The number of hydrogen-bond donors (Lipinski definition) is 1. The first kappa shape index (κ1) is 20.7. The van der Waals surface area contributed by atoms with Crippen molar-refractivity contribution in [2.45, 2.75) is 17.5 Å². The third-order valence-corrected chi connectivity index (χ3v) is 6.57.